The highest BCUT2D eigenvalue weighted by atomic mass is 79.9. The van der Waals surface area contributed by atoms with Crippen LogP contribution in [0.2, 0.25) is 0 Å². The number of likely N-dealkylation sites (N-methyl/N-ethyl adjacent to an activating group) is 1. The van der Waals surface area contributed by atoms with Crippen molar-refractivity contribution in [1.29, 1.82) is 0 Å². The molecule has 0 saturated heterocycles. The average molecular weight is 324 g/mol. The first-order valence-corrected chi connectivity index (χ1v) is 7.76. The fourth-order valence-electron chi connectivity index (χ4n) is 2.09. The molecule has 2 aromatic rings. The summed E-state index contributed by atoms with van der Waals surface area (Å²) in [6, 6.07) is 13.5. The van der Waals surface area contributed by atoms with Gasteiger partial charge in [0.2, 0.25) is 0 Å². The molecule has 0 spiro atoms. The Morgan fingerprint density at radius 2 is 1.94 bits per heavy atom. The maximum absolute atomic E-state index is 3.52. The number of hydrogen-bond donors (Lipinski definition) is 1. The van der Waals surface area contributed by atoms with Gasteiger partial charge in [-0.2, -0.15) is 0 Å². The summed E-state index contributed by atoms with van der Waals surface area (Å²) in [4.78, 5) is 1.43. The highest BCUT2D eigenvalue weighted by molar-refractivity contribution is 9.11. The molecule has 1 aromatic carbocycles. The second-order valence-electron chi connectivity index (χ2n) is 4.53. The molecule has 1 atom stereocenters. The number of halogens is 1. The zero-order valence-electron chi connectivity index (χ0n) is 10.7. The minimum atomic E-state index is 0.497. The highest BCUT2D eigenvalue weighted by Crippen LogP contribution is 2.24. The fraction of sp³-hybridized carbons (Fsp3) is 0.333. The molecule has 0 aliphatic rings. The number of hydrogen-bond acceptors (Lipinski definition) is 2. The van der Waals surface area contributed by atoms with Crippen molar-refractivity contribution in [2.24, 2.45) is 0 Å². The Kier molecular flexibility index (Phi) is 4.98. The quantitative estimate of drug-likeness (QED) is 0.869. The Labute approximate surface area is 121 Å². The summed E-state index contributed by atoms with van der Waals surface area (Å²) >= 11 is 5.34. The van der Waals surface area contributed by atoms with E-state index in [1.54, 1.807) is 0 Å². The maximum Gasteiger partial charge on any atom is 0.0701 e. The first-order chi connectivity index (χ1) is 8.69. The second kappa shape index (κ2) is 6.50. The lowest BCUT2D eigenvalue weighted by Crippen LogP contribution is -2.29. The summed E-state index contributed by atoms with van der Waals surface area (Å²) in [6.45, 7) is 2.18. The molecule has 0 radical (unpaired) electrons. The van der Waals surface area contributed by atoms with Gasteiger partial charge in [-0.3, -0.25) is 0 Å². The molecule has 18 heavy (non-hydrogen) atoms. The van der Waals surface area contributed by atoms with Gasteiger partial charge in [0, 0.05) is 10.9 Å². The SMILES string of the molecule is CNC(Cc1ccc(Br)s1)Cc1ccccc1C. The molecule has 0 fully saturated rings. The largest absolute Gasteiger partial charge is 0.316 e. The van der Waals surface area contributed by atoms with Crippen molar-refractivity contribution >= 4 is 27.3 Å². The van der Waals surface area contributed by atoms with E-state index >= 15 is 0 Å². The van der Waals surface area contributed by atoms with E-state index in [0.717, 1.165) is 12.8 Å². The Morgan fingerprint density at radius 1 is 1.17 bits per heavy atom. The summed E-state index contributed by atoms with van der Waals surface area (Å²) in [7, 11) is 2.05. The number of rotatable bonds is 5. The van der Waals surface area contributed by atoms with Crippen LogP contribution in [0.15, 0.2) is 40.2 Å². The van der Waals surface area contributed by atoms with Crippen LogP contribution in [0.1, 0.15) is 16.0 Å². The van der Waals surface area contributed by atoms with Gasteiger partial charge in [-0.15, -0.1) is 11.3 Å². The monoisotopic (exact) mass is 323 g/mol. The van der Waals surface area contributed by atoms with Crippen LogP contribution in [0.5, 0.6) is 0 Å². The number of thiophene rings is 1. The number of aryl methyl sites for hydroxylation is 1. The van der Waals surface area contributed by atoms with Crippen LogP contribution in [0.4, 0.5) is 0 Å². The zero-order valence-corrected chi connectivity index (χ0v) is 13.1. The molecule has 0 bridgehead atoms. The standard InChI is InChI=1S/C15H18BrNS/c1-11-5-3-4-6-12(11)9-13(17-2)10-14-7-8-15(16)18-14/h3-8,13,17H,9-10H2,1-2H3. The van der Waals surface area contributed by atoms with Gasteiger partial charge in [0.05, 0.1) is 3.79 Å². The molecule has 0 aliphatic carbocycles. The molecule has 2 rings (SSSR count). The summed E-state index contributed by atoms with van der Waals surface area (Å²) in [5.74, 6) is 0. The smallest absolute Gasteiger partial charge is 0.0701 e. The van der Waals surface area contributed by atoms with E-state index in [2.05, 4.69) is 64.6 Å². The van der Waals surface area contributed by atoms with Gasteiger partial charge >= 0.3 is 0 Å². The molecular weight excluding hydrogens is 306 g/mol. The van der Waals surface area contributed by atoms with E-state index < -0.39 is 0 Å². The van der Waals surface area contributed by atoms with Crippen molar-refractivity contribution in [3.05, 3.63) is 56.2 Å². The minimum Gasteiger partial charge on any atom is -0.316 e. The Balaban J connectivity index is 2.04. The molecule has 0 amide bonds. The van der Waals surface area contributed by atoms with Gasteiger partial charge in [-0.25, -0.2) is 0 Å². The third-order valence-corrected chi connectivity index (χ3v) is 4.86. The lowest BCUT2D eigenvalue weighted by molar-refractivity contribution is 0.559. The lowest BCUT2D eigenvalue weighted by atomic mass is 9.99. The van der Waals surface area contributed by atoms with Gasteiger partial charge in [-0.05, 0) is 66.0 Å². The van der Waals surface area contributed by atoms with Gasteiger partial charge in [0.15, 0.2) is 0 Å². The van der Waals surface area contributed by atoms with E-state index in [1.165, 1.54) is 19.8 Å². The minimum absolute atomic E-state index is 0.497. The molecule has 3 heteroatoms. The van der Waals surface area contributed by atoms with Crippen molar-refractivity contribution in [2.75, 3.05) is 7.05 Å². The topological polar surface area (TPSA) is 12.0 Å². The second-order valence-corrected chi connectivity index (χ2v) is 7.07. The molecule has 0 aliphatic heterocycles. The van der Waals surface area contributed by atoms with Crippen LogP contribution >= 0.6 is 27.3 Å². The van der Waals surface area contributed by atoms with Gasteiger partial charge in [0.1, 0.15) is 0 Å². The van der Waals surface area contributed by atoms with E-state index in [9.17, 15) is 0 Å². The molecule has 1 N–H and O–H groups in total. The molecule has 1 heterocycles. The maximum atomic E-state index is 3.52. The Bertz CT molecular complexity index is 507. The van der Waals surface area contributed by atoms with Crippen molar-refractivity contribution < 1.29 is 0 Å². The molecule has 1 aromatic heterocycles. The van der Waals surface area contributed by atoms with E-state index in [1.807, 2.05) is 18.4 Å². The van der Waals surface area contributed by atoms with Crippen molar-refractivity contribution in [3.8, 4) is 0 Å². The Morgan fingerprint density at radius 3 is 2.56 bits per heavy atom. The van der Waals surface area contributed by atoms with Crippen LogP contribution < -0.4 is 5.32 Å². The summed E-state index contributed by atoms with van der Waals surface area (Å²) in [5, 5.41) is 3.43. The fourth-order valence-corrected chi connectivity index (χ4v) is 3.65. The van der Waals surface area contributed by atoms with Gasteiger partial charge < -0.3 is 5.32 Å². The number of nitrogens with one attached hydrogen (secondary N) is 1. The first-order valence-electron chi connectivity index (χ1n) is 6.15. The third-order valence-electron chi connectivity index (χ3n) is 3.21. The zero-order chi connectivity index (χ0) is 13.0. The van der Waals surface area contributed by atoms with Crippen molar-refractivity contribution in [1.82, 2.24) is 5.32 Å². The summed E-state index contributed by atoms with van der Waals surface area (Å²) in [5.41, 5.74) is 2.82. The number of benzene rings is 1. The van der Waals surface area contributed by atoms with Crippen molar-refractivity contribution in [2.45, 2.75) is 25.8 Å². The lowest BCUT2D eigenvalue weighted by Gasteiger charge is -2.16. The van der Waals surface area contributed by atoms with Gasteiger partial charge in [0.25, 0.3) is 0 Å². The first kappa shape index (κ1) is 13.8. The van der Waals surface area contributed by atoms with E-state index in [0.29, 0.717) is 6.04 Å². The van der Waals surface area contributed by atoms with Crippen LogP contribution in [0.3, 0.4) is 0 Å². The highest BCUT2D eigenvalue weighted by Gasteiger charge is 2.11. The van der Waals surface area contributed by atoms with Crippen molar-refractivity contribution in [3.63, 3.8) is 0 Å². The average Bonchev–Trinajstić information content (AvgIpc) is 2.76. The molecule has 0 saturated carbocycles. The normalized spacial score (nSPS) is 12.6. The summed E-state index contributed by atoms with van der Waals surface area (Å²) < 4.78 is 1.21. The summed E-state index contributed by atoms with van der Waals surface area (Å²) in [6.07, 6.45) is 2.17. The molecule has 96 valence electrons. The van der Waals surface area contributed by atoms with E-state index in [-0.39, 0.29) is 0 Å². The predicted molar refractivity (Wildman–Crippen MR) is 83.5 cm³/mol. The van der Waals surface area contributed by atoms with Crippen LogP contribution in [-0.4, -0.2) is 13.1 Å². The van der Waals surface area contributed by atoms with Gasteiger partial charge in [-0.1, -0.05) is 24.3 Å². The van der Waals surface area contributed by atoms with Crippen LogP contribution in [0, 0.1) is 6.92 Å². The molecule has 1 nitrogen and oxygen atoms in total. The van der Waals surface area contributed by atoms with E-state index in [4.69, 9.17) is 0 Å². The molecule has 1 unspecified atom stereocenters. The predicted octanol–water partition coefficient (Wildman–Crippen LogP) is 4.19. The van der Waals surface area contributed by atoms with Crippen LogP contribution in [0.25, 0.3) is 0 Å². The van der Waals surface area contributed by atoms with Crippen LogP contribution in [-0.2, 0) is 12.8 Å². The third kappa shape index (κ3) is 3.67. The Hall–Kier alpha value is -0.640. The molecular formula is C15H18BrNS.